The van der Waals surface area contributed by atoms with Gasteiger partial charge in [-0.15, -0.1) is 0 Å². The standard InChI is InChI=1S/C27H42N4O4/c1-22-26(30-19-17-28(18-20-30)13-6-9-25(32)34-2)35-27(33)31(22)16-12-23-10-14-29(15-11-23)21-24-7-4-3-5-8-24/h3-5,7-8,22-23,26H,6,9-21H2,1-2H3. The summed E-state index contributed by atoms with van der Waals surface area (Å²) in [6.07, 6.45) is 4.42. The minimum absolute atomic E-state index is 0.0755. The summed E-state index contributed by atoms with van der Waals surface area (Å²) in [5.74, 6) is 0.530. The van der Waals surface area contributed by atoms with E-state index in [1.54, 1.807) is 0 Å². The Morgan fingerprint density at radius 3 is 2.40 bits per heavy atom. The highest BCUT2D eigenvalue weighted by Crippen LogP contribution is 2.27. The molecule has 1 amide bonds. The van der Waals surface area contributed by atoms with Crippen LogP contribution < -0.4 is 0 Å². The van der Waals surface area contributed by atoms with Gasteiger partial charge in [-0.05, 0) is 63.7 Å². The molecule has 0 N–H and O–H groups in total. The lowest BCUT2D eigenvalue weighted by Gasteiger charge is -2.38. The van der Waals surface area contributed by atoms with Gasteiger partial charge in [0.1, 0.15) is 0 Å². The lowest BCUT2D eigenvalue weighted by Crippen LogP contribution is -2.53. The third-order valence-corrected chi connectivity index (χ3v) is 7.94. The van der Waals surface area contributed by atoms with Crippen molar-refractivity contribution in [2.24, 2.45) is 5.92 Å². The molecule has 1 aromatic rings. The number of piperidine rings is 1. The second kappa shape index (κ2) is 12.7. The number of piperazine rings is 1. The van der Waals surface area contributed by atoms with E-state index < -0.39 is 0 Å². The van der Waals surface area contributed by atoms with Crippen LogP contribution >= 0.6 is 0 Å². The highest BCUT2D eigenvalue weighted by atomic mass is 16.6. The fraction of sp³-hybridized carbons (Fsp3) is 0.704. The number of methoxy groups -OCH3 is 1. The summed E-state index contributed by atoms with van der Waals surface area (Å²) in [6, 6.07) is 10.8. The molecule has 2 atom stereocenters. The van der Waals surface area contributed by atoms with Gasteiger partial charge >= 0.3 is 12.1 Å². The molecule has 3 heterocycles. The van der Waals surface area contributed by atoms with Crippen LogP contribution in [0.25, 0.3) is 0 Å². The summed E-state index contributed by atoms with van der Waals surface area (Å²) >= 11 is 0. The van der Waals surface area contributed by atoms with E-state index in [1.807, 2.05) is 4.90 Å². The van der Waals surface area contributed by atoms with E-state index in [2.05, 4.69) is 52.0 Å². The van der Waals surface area contributed by atoms with E-state index in [1.165, 1.54) is 25.5 Å². The quantitative estimate of drug-likeness (QED) is 0.471. The molecule has 0 radical (unpaired) electrons. The molecule has 0 aliphatic carbocycles. The Morgan fingerprint density at radius 2 is 1.71 bits per heavy atom. The molecule has 3 saturated heterocycles. The van der Waals surface area contributed by atoms with Gasteiger partial charge in [0.05, 0.1) is 13.2 Å². The Balaban J connectivity index is 1.15. The van der Waals surface area contributed by atoms with Gasteiger partial charge in [-0.2, -0.15) is 0 Å². The minimum atomic E-state index is -0.162. The number of benzene rings is 1. The maximum absolute atomic E-state index is 12.7. The first kappa shape index (κ1) is 25.9. The number of amides is 1. The average molecular weight is 487 g/mol. The number of rotatable bonds is 10. The van der Waals surface area contributed by atoms with Crippen molar-refractivity contribution in [3.8, 4) is 0 Å². The second-order valence-electron chi connectivity index (χ2n) is 10.3. The highest BCUT2D eigenvalue weighted by Gasteiger charge is 2.42. The van der Waals surface area contributed by atoms with Gasteiger partial charge in [0.15, 0.2) is 6.23 Å². The minimum Gasteiger partial charge on any atom is -0.469 e. The Morgan fingerprint density at radius 1 is 1.00 bits per heavy atom. The predicted octanol–water partition coefficient (Wildman–Crippen LogP) is 3.03. The van der Waals surface area contributed by atoms with Crippen LogP contribution in [0.4, 0.5) is 4.79 Å². The Bertz CT molecular complexity index is 807. The molecule has 0 aromatic heterocycles. The summed E-state index contributed by atoms with van der Waals surface area (Å²) in [7, 11) is 1.43. The van der Waals surface area contributed by atoms with E-state index in [4.69, 9.17) is 9.47 Å². The summed E-state index contributed by atoms with van der Waals surface area (Å²) < 4.78 is 10.6. The molecule has 0 bridgehead atoms. The van der Waals surface area contributed by atoms with Crippen molar-refractivity contribution in [1.82, 2.24) is 19.6 Å². The fourth-order valence-corrected chi connectivity index (χ4v) is 5.65. The van der Waals surface area contributed by atoms with E-state index in [-0.39, 0.29) is 24.3 Å². The first-order valence-electron chi connectivity index (χ1n) is 13.3. The van der Waals surface area contributed by atoms with Crippen LogP contribution in [0.5, 0.6) is 0 Å². The fourth-order valence-electron chi connectivity index (χ4n) is 5.65. The highest BCUT2D eigenvalue weighted by molar-refractivity contribution is 5.70. The molecule has 2 unspecified atom stereocenters. The molecular formula is C27H42N4O4. The lowest BCUT2D eigenvalue weighted by molar-refractivity contribution is -0.140. The lowest BCUT2D eigenvalue weighted by atomic mass is 9.93. The second-order valence-corrected chi connectivity index (χ2v) is 10.3. The normalized spacial score (nSPS) is 25.1. The number of carbonyl (C=O) groups is 2. The maximum atomic E-state index is 12.7. The van der Waals surface area contributed by atoms with Crippen molar-refractivity contribution in [2.45, 2.75) is 57.8 Å². The zero-order chi connectivity index (χ0) is 24.6. The molecule has 3 aliphatic rings. The number of nitrogens with zero attached hydrogens (tertiary/aromatic N) is 4. The zero-order valence-electron chi connectivity index (χ0n) is 21.4. The summed E-state index contributed by atoms with van der Waals surface area (Å²) in [4.78, 5) is 33.2. The smallest absolute Gasteiger partial charge is 0.411 e. The van der Waals surface area contributed by atoms with Gasteiger partial charge in [0, 0.05) is 45.7 Å². The molecule has 1 aromatic carbocycles. The van der Waals surface area contributed by atoms with Crippen molar-refractivity contribution in [1.29, 1.82) is 0 Å². The first-order valence-corrected chi connectivity index (χ1v) is 13.3. The van der Waals surface area contributed by atoms with Gasteiger partial charge in [-0.25, -0.2) is 4.79 Å². The molecular weight excluding hydrogens is 444 g/mol. The number of ether oxygens (including phenoxy) is 2. The maximum Gasteiger partial charge on any atom is 0.411 e. The Labute approximate surface area is 210 Å². The molecule has 35 heavy (non-hydrogen) atoms. The monoisotopic (exact) mass is 486 g/mol. The molecule has 4 rings (SSSR count). The van der Waals surface area contributed by atoms with Crippen LogP contribution in [0.2, 0.25) is 0 Å². The summed E-state index contributed by atoms with van der Waals surface area (Å²) in [5.41, 5.74) is 1.38. The third kappa shape index (κ3) is 7.18. The van der Waals surface area contributed by atoms with Crippen LogP contribution in [0.15, 0.2) is 30.3 Å². The first-order chi connectivity index (χ1) is 17.0. The Hall–Kier alpha value is -2.16. The van der Waals surface area contributed by atoms with Gasteiger partial charge in [0.2, 0.25) is 0 Å². The third-order valence-electron chi connectivity index (χ3n) is 7.94. The van der Waals surface area contributed by atoms with Crippen LogP contribution in [0.1, 0.15) is 44.6 Å². The number of cyclic esters (lactones) is 1. The predicted molar refractivity (Wildman–Crippen MR) is 135 cm³/mol. The van der Waals surface area contributed by atoms with Crippen LogP contribution in [0, 0.1) is 5.92 Å². The summed E-state index contributed by atoms with van der Waals surface area (Å²) in [5, 5.41) is 0. The molecule has 0 spiro atoms. The molecule has 194 valence electrons. The topological polar surface area (TPSA) is 65.6 Å². The van der Waals surface area contributed by atoms with Crippen molar-refractivity contribution < 1.29 is 19.1 Å². The number of hydrogen-bond donors (Lipinski definition) is 0. The Kier molecular flexibility index (Phi) is 9.40. The number of carbonyl (C=O) groups excluding carboxylic acids is 2. The van der Waals surface area contributed by atoms with Gasteiger partial charge < -0.3 is 19.3 Å². The van der Waals surface area contributed by atoms with Gasteiger partial charge in [-0.1, -0.05) is 30.3 Å². The number of likely N-dealkylation sites (tertiary alicyclic amines) is 1. The van der Waals surface area contributed by atoms with E-state index in [0.29, 0.717) is 12.3 Å². The van der Waals surface area contributed by atoms with Crippen molar-refractivity contribution in [2.75, 3.05) is 59.5 Å². The van der Waals surface area contributed by atoms with Crippen molar-refractivity contribution in [3.63, 3.8) is 0 Å². The van der Waals surface area contributed by atoms with Crippen LogP contribution in [-0.4, -0.2) is 103 Å². The zero-order valence-corrected chi connectivity index (χ0v) is 21.4. The average Bonchev–Trinajstić information content (AvgIpc) is 3.17. The van der Waals surface area contributed by atoms with E-state index in [9.17, 15) is 9.59 Å². The number of esters is 1. The van der Waals surface area contributed by atoms with E-state index in [0.717, 1.165) is 71.7 Å². The molecule has 3 aliphatic heterocycles. The van der Waals surface area contributed by atoms with Gasteiger partial charge in [-0.3, -0.25) is 14.6 Å². The van der Waals surface area contributed by atoms with Crippen LogP contribution in [-0.2, 0) is 20.8 Å². The van der Waals surface area contributed by atoms with Crippen LogP contribution in [0.3, 0.4) is 0 Å². The number of hydrogen-bond acceptors (Lipinski definition) is 7. The van der Waals surface area contributed by atoms with Crippen molar-refractivity contribution >= 4 is 12.1 Å². The van der Waals surface area contributed by atoms with Crippen molar-refractivity contribution in [3.05, 3.63) is 35.9 Å². The van der Waals surface area contributed by atoms with E-state index >= 15 is 0 Å². The molecule has 3 fully saturated rings. The van der Waals surface area contributed by atoms with Gasteiger partial charge in [0.25, 0.3) is 0 Å². The summed E-state index contributed by atoms with van der Waals surface area (Å²) in [6.45, 7) is 10.7. The molecule has 0 saturated carbocycles. The SMILES string of the molecule is COC(=O)CCCN1CCN(C2OC(=O)N(CCC3CCN(Cc4ccccc4)CC3)C2C)CC1. The molecule has 8 nitrogen and oxygen atoms in total. The molecule has 8 heteroatoms. The largest absolute Gasteiger partial charge is 0.469 e.